The van der Waals surface area contributed by atoms with Crippen molar-refractivity contribution in [2.45, 2.75) is 45.8 Å². The second kappa shape index (κ2) is 11.1. The molecule has 0 amide bonds. The van der Waals surface area contributed by atoms with Crippen LogP contribution in [0.4, 0.5) is 0 Å². The number of nitrogens with one attached hydrogen (secondary N) is 1. The van der Waals surface area contributed by atoms with Gasteiger partial charge in [0.25, 0.3) is 0 Å². The number of halogens is 2. The van der Waals surface area contributed by atoms with Crippen LogP contribution < -0.4 is 24.8 Å². The molecule has 1 aliphatic carbocycles. The zero-order valence-corrected chi connectivity index (χ0v) is 17.2. The Bertz CT molecular complexity index is 409. The maximum Gasteiger partial charge on any atom is 3.00 e. The van der Waals surface area contributed by atoms with E-state index in [0.29, 0.717) is 0 Å². The Morgan fingerprint density at radius 2 is 1.50 bits per heavy atom. The summed E-state index contributed by atoms with van der Waals surface area (Å²) >= 11 is 0. The number of fused-ring (bicyclic) bond motifs is 1. The van der Waals surface area contributed by atoms with Gasteiger partial charge in [-0.05, 0) is 17.5 Å². The summed E-state index contributed by atoms with van der Waals surface area (Å²) < 4.78 is 0. The molecule has 2 rings (SSSR count). The summed E-state index contributed by atoms with van der Waals surface area (Å²) in [6.07, 6.45) is 3.62. The standard InChI is InChI=1S/C11H14Si.C4H10N.2ClH.Ti/c1-12(2)11-7-9-5-3-4-6-10(9)8-11;1-4(2,3)5;;;/h3-7,12H,8H2,1-2H3;5H,1-3H3;2*1H;/q;-1;;;+3/p-2. The van der Waals surface area contributed by atoms with Crippen molar-refractivity contribution in [3.05, 3.63) is 46.3 Å². The summed E-state index contributed by atoms with van der Waals surface area (Å²) in [6.45, 7) is 10.4. The molecule has 0 saturated carbocycles. The Labute approximate surface area is 153 Å². The first-order chi connectivity index (χ1) is 7.77. The van der Waals surface area contributed by atoms with Crippen molar-refractivity contribution in [1.82, 2.24) is 0 Å². The van der Waals surface area contributed by atoms with Gasteiger partial charge in [0.1, 0.15) is 0 Å². The molecule has 1 aromatic rings. The van der Waals surface area contributed by atoms with Crippen molar-refractivity contribution in [3.8, 4) is 0 Å². The molecule has 111 valence electrons. The minimum absolute atomic E-state index is 0. The summed E-state index contributed by atoms with van der Waals surface area (Å²) in [5.74, 6) is 0. The molecule has 0 atom stereocenters. The molecule has 0 spiro atoms. The van der Waals surface area contributed by atoms with E-state index in [2.05, 4.69) is 43.4 Å². The van der Waals surface area contributed by atoms with Gasteiger partial charge in [0.2, 0.25) is 0 Å². The Balaban J connectivity index is -0.000000322. The van der Waals surface area contributed by atoms with E-state index < -0.39 is 8.80 Å². The molecule has 0 aromatic heterocycles. The fraction of sp³-hybridized carbons (Fsp3) is 0.467. The van der Waals surface area contributed by atoms with Gasteiger partial charge >= 0.3 is 21.7 Å². The molecule has 1 aromatic carbocycles. The monoisotopic (exact) mass is 364 g/mol. The molecule has 0 aliphatic heterocycles. The maximum atomic E-state index is 6.94. The van der Waals surface area contributed by atoms with Crippen LogP contribution in [0.25, 0.3) is 11.8 Å². The predicted molar refractivity (Wildman–Crippen MR) is 81.1 cm³/mol. The van der Waals surface area contributed by atoms with Gasteiger partial charge < -0.3 is 30.5 Å². The summed E-state index contributed by atoms with van der Waals surface area (Å²) in [5.41, 5.74) is 9.66. The second-order valence-corrected chi connectivity index (χ2v) is 9.05. The van der Waals surface area contributed by atoms with E-state index in [1.54, 1.807) is 5.20 Å². The van der Waals surface area contributed by atoms with Crippen LogP contribution in [-0.4, -0.2) is 14.3 Å². The Hall–Kier alpha value is 0.431. The first-order valence-electron chi connectivity index (χ1n) is 6.31. The third-order valence-electron chi connectivity index (χ3n) is 2.53. The van der Waals surface area contributed by atoms with Crippen molar-refractivity contribution >= 4 is 14.9 Å². The normalized spacial score (nSPS) is 11.8. The molecule has 0 fully saturated rings. The van der Waals surface area contributed by atoms with Gasteiger partial charge in [0.15, 0.2) is 0 Å². The summed E-state index contributed by atoms with van der Waals surface area (Å²) in [4.78, 5) is 0. The second-order valence-electron chi connectivity index (χ2n) is 6.00. The molecule has 0 bridgehead atoms. The third-order valence-corrected chi connectivity index (χ3v) is 4.39. The van der Waals surface area contributed by atoms with Crippen molar-refractivity contribution in [1.29, 1.82) is 0 Å². The van der Waals surface area contributed by atoms with Crippen LogP contribution in [0.5, 0.6) is 0 Å². The minimum Gasteiger partial charge on any atom is -1.00 e. The summed E-state index contributed by atoms with van der Waals surface area (Å²) in [7, 11) is -0.548. The fourth-order valence-corrected chi connectivity index (χ4v) is 2.82. The van der Waals surface area contributed by atoms with Crippen LogP contribution in [0, 0.1) is 0 Å². The van der Waals surface area contributed by atoms with Gasteiger partial charge in [0, 0.05) is 0 Å². The largest absolute Gasteiger partial charge is 3.00 e. The van der Waals surface area contributed by atoms with Gasteiger partial charge in [-0.25, -0.2) is 0 Å². The molecule has 1 aliphatic rings. The molecule has 0 heterocycles. The Kier molecular flexibility index (Phi) is 14.0. The van der Waals surface area contributed by atoms with Crippen molar-refractivity contribution < 1.29 is 46.5 Å². The number of hydrogen-bond donors (Lipinski definition) is 0. The van der Waals surface area contributed by atoms with Gasteiger partial charge in [0.05, 0.1) is 8.80 Å². The zero-order valence-electron chi connectivity index (χ0n) is 12.9. The van der Waals surface area contributed by atoms with Crippen molar-refractivity contribution in [2.75, 3.05) is 0 Å². The molecule has 0 saturated heterocycles. The van der Waals surface area contributed by atoms with Crippen LogP contribution in [0.15, 0.2) is 29.5 Å². The van der Waals surface area contributed by atoms with E-state index in [0.717, 1.165) is 0 Å². The maximum absolute atomic E-state index is 6.94. The summed E-state index contributed by atoms with van der Waals surface area (Å²) in [5, 5.41) is 1.70. The summed E-state index contributed by atoms with van der Waals surface area (Å²) in [6, 6.07) is 8.73. The van der Waals surface area contributed by atoms with Crippen LogP contribution in [0.3, 0.4) is 0 Å². The molecule has 5 heteroatoms. The van der Waals surface area contributed by atoms with Gasteiger partial charge in [-0.1, -0.05) is 69.4 Å². The van der Waals surface area contributed by atoms with E-state index in [1.165, 1.54) is 17.5 Å². The average Bonchev–Trinajstić information content (AvgIpc) is 2.58. The molecular weight excluding hydrogens is 341 g/mol. The van der Waals surface area contributed by atoms with Crippen molar-refractivity contribution in [3.63, 3.8) is 0 Å². The predicted octanol–water partition coefficient (Wildman–Crippen LogP) is -1.51. The van der Waals surface area contributed by atoms with E-state index >= 15 is 0 Å². The first kappa shape index (κ1) is 25.4. The average molecular weight is 365 g/mol. The van der Waals surface area contributed by atoms with E-state index in [4.69, 9.17) is 5.73 Å². The molecule has 1 radical (unpaired) electrons. The molecule has 1 nitrogen and oxygen atoms in total. The smallest absolute Gasteiger partial charge is 1.00 e. The molecule has 1 N–H and O–H groups in total. The minimum atomic E-state index is -0.548. The van der Waals surface area contributed by atoms with Gasteiger partial charge in [-0.3, -0.25) is 0 Å². The zero-order chi connectivity index (χ0) is 13.1. The molecule has 20 heavy (non-hydrogen) atoms. The van der Waals surface area contributed by atoms with E-state index in [1.807, 2.05) is 20.8 Å². The third kappa shape index (κ3) is 10.2. The number of benzene rings is 1. The quantitative estimate of drug-likeness (QED) is 0.541. The number of hydrogen-bond acceptors (Lipinski definition) is 0. The van der Waals surface area contributed by atoms with Crippen molar-refractivity contribution in [2.24, 2.45) is 0 Å². The van der Waals surface area contributed by atoms with Gasteiger partial charge in [-0.15, -0.1) is 5.54 Å². The van der Waals surface area contributed by atoms with Crippen LogP contribution >= 0.6 is 0 Å². The molecule has 0 unspecified atom stereocenters. The number of allylic oxidation sites excluding steroid dienone is 1. The van der Waals surface area contributed by atoms with E-state index in [-0.39, 0.29) is 52.1 Å². The van der Waals surface area contributed by atoms with Crippen LogP contribution in [0.2, 0.25) is 13.1 Å². The van der Waals surface area contributed by atoms with Gasteiger partial charge in [-0.2, -0.15) is 0 Å². The van der Waals surface area contributed by atoms with E-state index in [9.17, 15) is 0 Å². The SMILES string of the molecule is CC(C)(C)[NH-].C[SiH](C)C1=Cc2ccccc2C1.[Cl-].[Cl-].[Ti+3]. The Morgan fingerprint density at radius 1 is 1.05 bits per heavy atom. The molecular formula is C15H24Cl2NSiTi. The number of rotatable bonds is 1. The fourth-order valence-electron chi connectivity index (χ4n) is 1.68. The first-order valence-corrected chi connectivity index (χ1v) is 9.19. The Morgan fingerprint density at radius 3 is 1.90 bits per heavy atom. The topological polar surface area (TPSA) is 23.8 Å². The van der Waals surface area contributed by atoms with Crippen LogP contribution in [-0.2, 0) is 28.1 Å². The van der Waals surface area contributed by atoms with Crippen LogP contribution in [0.1, 0.15) is 31.9 Å².